The minimum Gasteiger partial charge on any atom is -0.495 e. The van der Waals surface area contributed by atoms with Crippen LogP contribution in [-0.4, -0.2) is 24.1 Å². The molecule has 6 heteroatoms. The van der Waals surface area contributed by atoms with Gasteiger partial charge in [0.25, 0.3) is 0 Å². The zero-order chi connectivity index (χ0) is 12.3. The maximum Gasteiger partial charge on any atom is 0.337 e. The van der Waals surface area contributed by atoms with Crippen LogP contribution in [0.1, 0.15) is 17.3 Å². The standard InChI is InChI=1S/C10H10ClNO4/c1-5(13)12-9-6(10(14)15)3-4-7(16-2)8(9)11/h3-4H,1-2H3,(H,12,13)(H,14,15). The van der Waals surface area contributed by atoms with Crippen LogP contribution in [0.5, 0.6) is 5.75 Å². The third kappa shape index (κ3) is 2.43. The highest BCUT2D eigenvalue weighted by atomic mass is 35.5. The highest BCUT2D eigenvalue weighted by molar-refractivity contribution is 6.36. The largest absolute Gasteiger partial charge is 0.495 e. The summed E-state index contributed by atoms with van der Waals surface area (Å²) < 4.78 is 4.93. The summed E-state index contributed by atoms with van der Waals surface area (Å²) in [6.07, 6.45) is 0. The zero-order valence-electron chi connectivity index (χ0n) is 8.70. The van der Waals surface area contributed by atoms with E-state index in [1.165, 1.54) is 26.2 Å². The molecule has 0 fully saturated rings. The Kier molecular flexibility index (Phi) is 3.73. The first-order chi connectivity index (χ1) is 7.47. The zero-order valence-corrected chi connectivity index (χ0v) is 9.46. The topological polar surface area (TPSA) is 75.6 Å². The summed E-state index contributed by atoms with van der Waals surface area (Å²) in [5.74, 6) is -1.28. The number of nitrogens with one attached hydrogen (secondary N) is 1. The molecule has 0 spiro atoms. The highest BCUT2D eigenvalue weighted by Crippen LogP contribution is 2.35. The Balaban J connectivity index is 3.36. The van der Waals surface area contributed by atoms with Gasteiger partial charge in [0.2, 0.25) is 5.91 Å². The molecule has 0 aliphatic rings. The number of carbonyl (C=O) groups is 2. The summed E-state index contributed by atoms with van der Waals surface area (Å²) in [5.41, 5.74) is -0.0398. The molecule has 1 aromatic carbocycles. The van der Waals surface area contributed by atoms with Crippen LogP contribution in [0.25, 0.3) is 0 Å². The average Bonchev–Trinajstić information content (AvgIpc) is 2.19. The maximum atomic E-state index is 10.9. The van der Waals surface area contributed by atoms with Crippen LogP contribution in [0.15, 0.2) is 12.1 Å². The minimum absolute atomic E-state index is 0.0426. The molecule has 0 saturated heterocycles. The van der Waals surface area contributed by atoms with Gasteiger partial charge in [-0.05, 0) is 12.1 Å². The molecule has 86 valence electrons. The summed E-state index contributed by atoms with van der Waals surface area (Å²) in [7, 11) is 1.40. The number of anilines is 1. The van der Waals surface area contributed by atoms with Gasteiger partial charge < -0.3 is 15.2 Å². The second kappa shape index (κ2) is 4.85. The predicted molar refractivity (Wildman–Crippen MR) is 59.3 cm³/mol. The lowest BCUT2D eigenvalue weighted by atomic mass is 10.1. The second-order valence-electron chi connectivity index (χ2n) is 2.99. The lowest BCUT2D eigenvalue weighted by molar-refractivity contribution is -0.114. The second-order valence-corrected chi connectivity index (χ2v) is 3.37. The smallest absolute Gasteiger partial charge is 0.337 e. The number of halogens is 1. The Morgan fingerprint density at radius 1 is 1.44 bits per heavy atom. The number of rotatable bonds is 3. The van der Waals surface area contributed by atoms with Crippen LogP contribution >= 0.6 is 11.6 Å². The number of aromatic carboxylic acids is 1. The molecule has 0 unspecified atom stereocenters. The minimum atomic E-state index is -1.17. The monoisotopic (exact) mass is 243 g/mol. The molecule has 16 heavy (non-hydrogen) atoms. The Hall–Kier alpha value is -1.75. The van der Waals surface area contributed by atoms with Crippen molar-refractivity contribution in [2.45, 2.75) is 6.92 Å². The molecule has 0 saturated carbocycles. The number of amides is 1. The van der Waals surface area contributed by atoms with Gasteiger partial charge >= 0.3 is 5.97 Å². The van der Waals surface area contributed by atoms with Crippen molar-refractivity contribution in [2.24, 2.45) is 0 Å². The quantitative estimate of drug-likeness (QED) is 0.851. The molecule has 1 amide bonds. The van der Waals surface area contributed by atoms with Gasteiger partial charge in [-0.2, -0.15) is 0 Å². The molecular weight excluding hydrogens is 234 g/mol. The van der Waals surface area contributed by atoms with Crippen molar-refractivity contribution >= 4 is 29.2 Å². The van der Waals surface area contributed by atoms with Crippen molar-refractivity contribution < 1.29 is 19.4 Å². The number of ether oxygens (including phenoxy) is 1. The summed E-state index contributed by atoms with van der Waals surface area (Å²) in [4.78, 5) is 21.8. The molecule has 1 aromatic rings. The van der Waals surface area contributed by atoms with Crippen molar-refractivity contribution in [3.8, 4) is 5.75 Å². The van der Waals surface area contributed by atoms with Gasteiger partial charge in [-0.1, -0.05) is 11.6 Å². The number of benzene rings is 1. The lowest BCUT2D eigenvalue weighted by Gasteiger charge is -2.11. The summed E-state index contributed by atoms with van der Waals surface area (Å²) in [5, 5.41) is 11.3. The van der Waals surface area contributed by atoms with E-state index in [-0.39, 0.29) is 16.3 Å². The molecule has 0 aliphatic carbocycles. The molecule has 2 N–H and O–H groups in total. The van der Waals surface area contributed by atoms with Gasteiger partial charge in [0.1, 0.15) is 10.8 Å². The van der Waals surface area contributed by atoms with E-state index < -0.39 is 11.9 Å². The van der Waals surface area contributed by atoms with E-state index in [2.05, 4.69) is 5.32 Å². The first-order valence-corrected chi connectivity index (χ1v) is 4.72. The highest BCUT2D eigenvalue weighted by Gasteiger charge is 2.17. The molecule has 0 atom stereocenters. The Labute approximate surface area is 97.0 Å². The number of carboxylic acid groups (broad SMARTS) is 1. The van der Waals surface area contributed by atoms with Crippen molar-refractivity contribution in [3.63, 3.8) is 0 Å². The van der Waals surface area contributed by atoms with Crippen molar-refractivity contribution in [1.29, 1.82) is 0 Å². The van der Waals surface area contributed by atoms with Gasteiger partial charge in [0, 0.05) is 6.92 Å². The fourth-order valence-corrected chi connectivity index (χ4v) is 1.48. The van der Waals surface area contributed by atoms with E-state index >= 15 is 0 Å². The summed E-state index contributed by atoms with van der Waals surface area (Å²) >= 11 is 5.90. The average molecular weight is 244 g/mol. The molecule has 0 aliphatic heterocycles. The van der Waals surface area contributed by atoms with Crippen molar-refractivity contribution in [2.75, 3.05) is 12.4 Å². The molecule has 5 nitrogen and oxygen atoms in total. The van der Waals surface area contributed by atoms with Gasteiger partial charge in [-0.25, -0.2) is 4.79 Å². The Morgan fingerprint density at radius 3 is 2.50 bits per heavy atom. The molecule has 0 aromatic heterocycles. The molecule has 1 rings (SSSR count). The normalized spacial score (nSPS) is 9.69. The van der Waals surface area contributed by atoms with Crippen LogP contribution in [0.2, 0.25) is 5.02 Å². The van der Waals surface area contributed by atoms with E-state index in [1.807, 2.05) is 0 Å². The first kappa shape index (κ1) is 12.3. The molecule has 0 heterocycles. The lowest BCUT2D eigenvalue weighted by Crippen LogP contribution is -2.11. The van der Waals surface area contributed by atoms with Crippen molar-refractivity contribution in [1.82, 2.24) is 0 Å². The number of hydrogen-bond donors (Lipinski definition) is 2. The van der Waals surface area contributed by atoms with Crippen LogP contribution in [0, 0.1) is 0 Å². The van der Waals surface area contributed by atoms with E-state index in [1.54, 1.807) is 0 Å². The van der Waals surface area contributed by atoms with Gasteiger partial charge in [-0.3, -0.25) is 4.79 Å². The fraction of sp³-hybridized carbons (Fsp3) is 0.200. The van der Waals surface area contributed by atoms with Gasteiger partial charge in [0.05, 0.1) is 18.4 Å². The van der Waals surface area contributed by atoms with E-state index in [9.17, 15) is 9.59 Å². The van der Waals surface area contributed by atoms with Crippen LogP contribution < -0.4 is 10.1 Å². The van der Waals surface area contributed by atoms with E-state index in [4.69, 9.17) is 21.4 Å². The predicted octanol–water partition coefficient (Wildman–Crippen LogP) is 2.01. The number of methoxy groups -OCH3 is 1. The Morgan fingerprint density at radius 2 is 2.06 bits per heavy atom. The van der Waals surface area contributed by atoms with Crippen LogP contribution in [0.4, 0.5) is 5.69 Å². The van der Waals surface area contributed by atoms with Crippen molar-refractivity contribution in [3.05, 3.63) is 22.7 Å². The molecular formula is C10H10ClNO4. The molecule has 0 bridgehead atoms. The van der Waals surface area contributed by atoms with Crippen LogP contribution in [-0.2, 0) is 4.79 Å². The van der Waals surface area contributed by atoms with E-state index in [0.29, 0.717) is 5.75 Å². The van der Waals surface area contributed by atoms with Gasteiger partial charge in [-0.15, -0.1) is 0 Å². The Bertz CT molecular complexity index is 445. The van der Waals surface area contributed by atoms with Crippen LogP contribution in [0.3, 0.4) is 0 Å². The SMILES string of the molecule is COc1ccc(C(=O)O)c(NC(C)=O)c1Cl. The van der Waals surface area contributed by atoms with Gasteiger partial charge in [0.15, 0.2) is 0 Å². The number of hydrogen-bond acceptors (Lipinski definition) is 3. The third-order valence-corrected chi connectivity index (χ3v) is 2.23. The van der Waals surface area contributed by atoms with E-state index in [0.717, 1.165) is 0 Å². The molecule has 0 radical (unpaired) electrons. The fourth-order valence-electron chi connectivity index (χ4n) is 1.19. The number of carbonyl (C=O) groups excluding carboxylic acids is 1. The first-order valence-electron chi connectivity index (χ1n) is 4.34. The summed E-state index contributed by atoms with van der Waals surface area (Å²) in [6, 6.07) is 2.75. The third-order valence-electron chi connectivity index (χ3n) is 1.86. The summed E-state index contributed by atoms with van der Waals surface area (Å²) in [6.45, 7) is 1.27. The maximum absolute atomic E-state index is 10.9. The number of carboxylic acids is 1.